The Morgan fingerprint density at radius 1 is 1.03 bits per heavy atom. The minimum atomic E-state index is -1.24. The second-order valence-corrected chi connectivity index (χ2v) is 9.03. The van der Waals surface area contributed by atoms with Crippen molar-refractivity contribution in [2.75, 3.05) is 5.32 Å². The Bertz CT molecular complexity index is 1290. The minimum absolute atomic E-state index is 0.113. The van der Waals surface area contributed by atoms with Gasteiger partial charge in [-0.3, -0.25) is 14.5 Å². The molecule has 3 amide bonds. The fourth-order valence-electron chi connectivity index (χ4n) is 3.73. The van der Waals surface area contributed by atoms with E-state index in [1.807, 2.05) is 30.3 Å². The molecular formula is C25H27N5O6. The summed E-state index contributed by atoms with van der Waals surface area (Å²) in [4.78, 5) is 45.9. The van der Waals surface area contributed by atoms with E-state index in [4.69, 9.17) is 5.73 Å². The van der Waals surface area contributed by atoms with Gasteiger partial charge < -0.3 is 26.4 Å². The quantitative estimate of drug-likeness (QED) is 0.333. The summed E-state index contributed by atoms with van der Waals surface area (Å²) >= 11 is 0. The Kier molecular flexibility index (Phi) is 7.42. The number of carboxylic acid groups (broad SMARTS) is 1. The average Bonchev–Trinajstić information content (AvgIpc) is 2.79. The molecule has 0 aliphatic heterocycles. The number of anilines is 1. The highest BCUT2D eigenvalue weighted by molar-refractivity contribution is 5.97. The standard InChI is InChI=1S/C25H27N5O6/c1-25(2,3)30(24(35)36)17(12-14-8-5-4-6-9-14)22(33)27-16-11-7-10-15(13-16)21-28-18(20(26)32)19(31)23(34)29-21/h4-11,13,17,31H,12H2,1-3H3,(H2,26,32)(H,27,33)(H,35,36)(H,28,29,34). The molecule has 36 heavy (non-hydrogen) atoms. The molecule has 11 heteroatoms. The summed E-state index contributed by atoms with van der Waals surface area (Å²) in [6.07, 6.45) is -1.09. The number of hydrogen-bond donors (Lipinski definition) is 5. The number of amides is 3. The number of nitrogens with one attached hydrogen (secondary N) is 1. The highest BCUT2D eigenvalue weighted by Gasteiger charge is 2.37. The fraction of sp³-hybridized carbons (Fsp3) is 0.240. The lowest BCUT2D eigenvalue weighted by atomic mass is 9.97. The number of nitrogens with zero attached hydrogens (tertiary/aromatic N) is 3. The van der Waals surface area contributed by atoms with E-state index in [-0.39, 0.29) is 12.2 Å². The van der Waals surface area contributed by atoms with Gasteiger partial charge in [0.15, 0.2) is 11.5 Å². The number of aromatic nitrogens is 2. The molecule has 0 bridgehead atoms. The van der Waals surface area contributed by atoms with Gasteiger partial charge in [0.05, 0.1) is 0 Å². The molecule has 0 saturated heterocycles. The maximum Gasteiger partial charge on any atom is 0.408 e. The van der Waals surface area contributed by atoms with Crippen molar-refractivity contribution in [3.63, 3.8) is 0 Å². The van der Waals surface area contributed by atoms with E-state index in [9.17, 15) is 29.7 Å². The molecule has 6 N–H and O–H groups in total. The van der Waals surface area contributed by atoms with E-state index >= 15 is 0 Å². The zero-order valence-electron chi connectivity index (χ0n) is 20.0. The molecule has 3 rings (SSSR count). The summed E-state index contributed by atoms with van der Waals surface area (Å²) in [6, 6.07) is 14.2. The molecule has 1 heterocycles. The normalized spacial score (nSPS) is 12.0. The zero-order valence-corrected chi connectivity index (χ0v) is 20.0. The Labute approximate surface area is 207 Å². The van der Waals surface area contributed by atoms with Crippen molar-refractivity contribution in [2.24, 2.45) is 5.73 Å². The molecule has 1 unspecified atom stereocenters. The SMILES string of the molecule is CC(C)(C)N(C(=O)O)C(Cc1ccccc1)C(=O)Nc1cccc(-c2nc(O)c(O)c(C(N)=O)n2)c1. The number of hydrogen-bond acceptors (Lipinski definition) is 7. The van der Waals surface area contributed by atoms with Crippen LogP contribution < -0.4 is 11.1 Å². The topological polar surface area (TPSA) is 179 Å². The predicted molar refractivity (Wildman–Crippen MR) is 131 cm³/mol. The third-order valence-corrected chi connectivity index (χ3v) is 5.30. The Balaban J connectivity index is 1.96. The molecular weight excluding hydrogens is 466 g/mol. The molecule has 0 saturated carbocycles. The number of rotatable bonds is 7. The summed E-state index contributed by atoms with van der Waals surface area (Å²) in [7, 11) is 0. The molecule has 2 aromatic carbocycles. The van der Waals surface area contributed by atoms with E-state index in [0.29, 0.717) is 11.3 Å². The van der Waals surface area contributed by atoms with E-state index in [2.05, 4.69) is 15.3 Å². The van der Waals surface area contributed by atoms with Crippen LogP contribution in [-0.2, 0) is 11.2 Å². The third kappa shape index (κ3) is 5.87. The van der Waals surface area contributed by atoms with Gasteiger partial charge in [-0.05, 0) is 38.5 Å². The molecule has 0 radical (unpaired) electrons. The summed E-state index contributed by atoms with van der Waals surface area (Å²) in [5.41, 5.74) is 5.16. The summed E-state index contributed by atoms with van der Waals surface area (Å²) in [6.45, 7) is 5.12. The Hall–Kier alpha value is -4.67. The first-order valence-corrected chi connectivity index (χ1v) is 11.0. The first-order chi connectivity index (χ1) is 16.9. The van der Waals surface area contributed by atoms with Crippen LogP contribution in [0, 0.1) is 0 Å². The van der Waals surface area contributed by atoms with Crippen molar-refractivity contribution in [3.05, 3.63) is 65.9 Å². The van der Waals surface area contributed by atoms with Gasteiger partial charge in [0.2, 0.25) is 11.7 Å². The summed E-state index contributed by atoms with van der Waals surface area (Å²) in [5, 5.41) is 32.3. The lowest BCUT2D eigenvalue weighted by Crippen LogP contribution is -2.56. The van der Waals surface area contributed by atoms with Crippen molar-refractivity contribution >= 4 is 23.6 Å². The van der Waals surface area contributed by atoms with Crippen molar-refractivity contribution in [1.82, 2.24) is 14.9 Å². The molecule has 0 spiro atoms. The highest BCUT2D eigenvalue weighted by atomic mass is 16.4. The van der Waals surface area contributed by atoms with Crippen molar-refractivity contribution in [2.45, 2.75) is 38.8 Å². The number of aromatic hydroxyl groups is 2. The lowest BCUT2D eigenvalue weighted by Gasteiger charge is -2.38. The lowest BCUT2D eigenvalue weighted by molar-refractivity contribution is -0.122. The maximum atomic E-state index is 13.4. The number of primary amides is 1. The highest BCUT2D eigenvalue weighted by Crippen LogP contribution is 2.29. The van der Waals surface area contributed by atoms with E-state index in [1.54, 1.807) is 39.0 Å². The summed E-state index contributed by atoms with van der Waals surface area (Å²) < 4.78 is 0. The van der Waals surface area contributed by atoms with Gasteiger partial charge in [-0.15, -0.1) is 0 Å². The molecule has 188 valence electrons. The smallest absolute Gasteiger partial charge is 0.408 e. The van der Waals surface area contributed by atoms with Crippen LogP contribution in [0.2, 0.25) is 0 Å². The zero-order chi connectivity index (χ0) is 26.6. The van der Waals surface area contributed by atoms with Gasteiger partial charge in [-0.25, -0.2) is 9.78 Å². The van der Waals surface area contributed by atoms with Crippen LogP contribution >= 0.6 is 0 Å². The number of benzene rings is 2. The van der Waals surface area contributed by atoms with Crippen LogP contribution in [0.3, 0.4) is 0 Å². The largest absolute Gasteiger partial charge is 0.501 e. The number of nitrogens with two attached hydrogens (primary N) is 1. The van der Waals surface area contributed by atoms with E-state index in [0.717, 1.165) is 10.5 Å². The molecule has 1 aromatic heterocycles. The first-order valence-electron chi connectivity index (χ1n) is 11.0. The van der Waals surface area contributed by atoms with E-state index < -0.39 is 46.8 Å². The van der Waals surface area contributed by atoms with Crippen LogP contribution in [0.15, 0.2) is 54.6 Å². The van der Waals surface area contributed by atoms with Crippen LogP contribution in [-0.4, -0.2) is 59.7 Å². The van der Waals surface area contributed by atoms with Gasteiger partial charge in [0, 0.05) is 23.2 Å². The summed E-state index contributed by atoms with van der Waals surface area (Å²) in [5.74, 6) is -3.39. The van der Waals surface area contributed by atoms with Gasteiger partial charge in [-0.2, -0.15) is 4.98 Å². The number of carbonyl (C=O) groups is 3. The van der Waals surface area contributed by atoms with Gasteiger partial charge in [0.25, 0.3) is 11.8 Å². The minimum Gasteiger partial charge on any atom is -0.501 e. The second-order valence-electron chi connectivity index (χ2n) is 9.03. The molecule has 0 fully saturated rings. The number of carbonyl (C=O) groups excluding carboxylic acids is 2. The monoisotopic (exact) mass is 493 g/mol. The van der Waals surface area contributed by atoms with Crippen molar-refractivity contribution in [3.8, 4) is 23.0 Å². The fourth-order valence-corrected chi connectivity index (χ4v) is 3.73. The molecule has 0 aliphatic carbocycles. The third-order valence-electron chi connectivity index (χ3n) is 5.30. The molecule has 3 aromatic rings. The molecule has 1 atom stereocenters. The van der Waals surface area contributed by atoms with Crippen LogP contribution in [0.5, 0.6) is 11.6 Å². The maximum absolute atomic E-state index is 13.4. The van der Waals surface area contributed by atoms with Crippen LogP contribution in [0.4, 0.5) is 10.5 Å². The average molecular weight is 494 g/mol. The van der Waals surface area contributed by atoms with Crippen molar-refractivity contribution in [1.29, 1.82) is 0 Å². The second kappa shape index (κ2) is 10.3. The predicted octanol–water partition coefficient (Wildman–Crippen LogP) is 2.98. The molecule has 0 aliphatic rings. The van der Waals surface area contributed by atoms with Gasteiger partial charge in [-0.1, -0.05) is 42.5 Å². The van der Waals surface area contributed by atoms with Crippen molar-refractivity contribution < 1.29 is 29.7 Å². The first kappa shape index (κ1) is 25.9. The molecule has 11 nitrogen and oxygen atoms in total. The van der Waals surface area contributed by atoms with E-state index in [1.165, 1.54) is 6.07 Å². The van der Waals surface area contributed by atoms with Crippen LogP contribution in [0.25, 0.3) is 11.4 Å². The van der Waals surface area contributed by atoms with Gasteiger partial charge in [0.1, 0.15) is 6.04 Å². The Morgan fingerprint density at radius 3 is 2.28 bits per heavy atom. The van der Waals surface area contributed by atoms with Gasteiger partial charge >= 0.3 is 6.09 Å². The Morgan fingerprint density at radius 2 is 1.69 bits per heavy atom. The van der Waals surface area contributed by atoms with Crippen LogP contribution in [0.1, 0.15) is 36.8 Å².